The van der Waals surface area contributed by atoms with Crippen LogP contribution in [0.3, 0.4) is 0 Å². The van der Waals surface area contributed by atoms with Crippen LogP contribution in [0, 0.1) is 11.7 Å². The highest BCUT2D eigenvalue weighted by Gasteiger charge is 2.34. The van der Waals surface area contributed by atoms with Crippen molar-refractivity contribution >= 4 is 15.7 Å². The highest BCUT2D eigenvalue weighted by Crippen LogP contribution is 2.31. The number of carbonyl (C=O) groups excluding carboxylic acids is 1. The summed E-state index contributed by atoms with van der Waals surface area (Å²) < 4.78 is 38.7. The van der Waals surface area contributed by atoms with Gasteiger partial charge in [0.05, 0.1) is 11.0 Å². The van der Waals surface area contributed by atoms with Gasteiger partial charge in [-0.1, -0.05) is 32.0 Å². The van der Waals surface area contributed by atoms with Crippen molar-refractivity contribution < 1.29 is 17.6 Å². The van der Waals surface area contributed by atoms with E-state index in [0.717, 1.165) is 0 Å². The summed E-state index contributed by atoms with van der Waals surface area (Å²) in [5.41, 5.74) is 0.205. The molecule has 0 N–H and O–H groups in total. The van der Waals surface area contributed by atoms with E-state index in [1.54, 1.807) is 24.8 Å². The Labute approximate surface area is 124 Å². The maximum absolute atomic E-state index is 13.9. The molecule has 0 aliphatic carbocycles. The molecular formula is C15H20FNO3S. The van der Waals surface area contributed by atoms with Gasteiger partial charge < -0.3 is 4.90 Å². The van der Waals surface area contributed by atoms with Gasteiger partial charge in [0.25, 0.3) is 0 Å². The number of carbonyl (C=O) groups is 1. The first kappa shape index (κ1) is 15.9. The smallest absolute Gasteiger partial charge is 0.225 e. The maximum Gasteiger partial charge on any atom is 0.225 e. The van der Waals surface area contributed by atoms with Crippen LogP contribution in [-0.4, -0.2) is 38.1 Å². The third kappa shape index (κ3) is 3.43. The topological polar surface area (TPSA) is 54.5 Å². The first-order valence-corrected chi connectivity index (χ1v) is 8.79. The molecular weight excluding hydrogens is 293 g/mol. The van der Waals surface area contributed by atoms with Gasteiger partial charge in [-0.3, -0.25) is 4.79 Å². The standard InChI is InChI=1S/C15H20FNO3S/c1-11(2)15(18)17-8-7-14(21(19,20)10-9-17)12-5-3-4-6-13(12)16/h3-6,11,14H,7-10H2,1-2H3. The number of hydrogen-bond acceptors (Lipinski definition) is 3. The Morgan fingerprint density at radius 1 is 1.29 bits per heavy atom. The summed E-state index contributed by atoms with van der Waals surface area (Å²) in [6.07, 6.45) is 0.238. The van der Waals surface area contributed by atoms with Crippen LogP contribution in [0.5, 0.6) is 0 Å². The lowest BCUT2D eigenvalue weighted by Gasteiger charge is -2.22. The van der Waals surface area contributed by atoms with E-state index in [-0.39, 0.29) is 36.1 Å². The zero-order chi connectivity index (χ0) is 15.6. The second kappa shape index (κ2) is 6.13. The summed E-state index contributed by atoms with van der Waals surface area (Å²) in [4.78, 5) is 13.6. The van der Waals surface area contributed by atoms with Crippen LogP contribution < -0.4 is 0 Å². The van der Waals surface area contributed by atoms with Crippen LogP contribution in [0.2, 0.25) is 0 Å². The van der Waals surface area contributed by atoms with Crippen molar-refractivity contribution in [3.8, 4) is 0 Å². The monoisotopic (exact) mass is 313 g/mol. The summed E-state index contributed by atoms with van der Waals surface area (Å²) in [6, 6.07) is 5.96. The minimum absolute atomic E-state index is 0.0561. The molecule has 0 bridgehead atoms. The van der Waals surface area contributed by atoms with Crippen molar-refractivity contribution in [3.63, 3.8) is 0 Å². The lowest BCUT2D eigenvalue weighted by molar-refractivity contribution is -0.134. The molecule has 1 atom stereocenters. The van der Waals surface area contributed by atoms with Gasteiger partial charge in [-0.15, -0.1) is 0 Å². The highest BCUT2D eigenvalue weighted by atomic mass is 32.2. The molecule has 116 valence electrons. The fraction of sp³-hybridized carbons (Fsp3) is 0.533. The van der Waals surface area contributed by atoms with E-state index in [0.29, 0.717) is 6.54 Å². The summed E-state index contributed by atoms with van der Waals surface area (Å²) in [6.45, 7) is 4.10. The number of halogens is 1. The Kier molecular flexibility index (Phi) is 4.66. The van der Waals surface area contributed by atoms with Crippen LogP contribution in [0.15, 0.2) is 24.3 Å². The van der Waals surface area contributed by atoms with Gasteiger partial charge in [0, 0.05) is 24.6 Å². The molecule has 1 aliphatic rings. The Hall–Kier alpha value is -1.43. The van der Waals surface area contributed by atoms with Crippen LogP contribution >= 0.6 is 0 Å². The summed E-state index contributed by atoms with van der Waals surface area (Å²) in [5, 5.41) is -0.872. The van der Waals surface area contributed by atoms with E-state index >= 15 is 0 Å². The van der Waals surface area contributed by atoms with E-state index in [1.165, 1.54) is 18.2 Å². The number of rotatable bonds is 2. The fourth-order valence-electron chi connectivity index (χ4n) is 2.61. The predicted molar refractivity (Wildman–Crippen MR) is 79.0 cm³/mol. The molecule has 21 heavy (non-hydrogen) atoms. The largest absolute Gasteiger partial charge is 0.341 e. The Morgan fingerprint density at radius 3 is 2.57 bits per heavy atom. The van der Waals surface area contributed by atoms with Gasteiger partial charge >= 0.3 is 0 Å². The zero-order valence-electron chi connectivity index (χ0n) is 12.3. The van der Waals surface area contributed by atoms with Gasteiger partial charge in [0.1, 0.15) is 5.82 Å². The van der Waals surface area contributed by atoms with Gasteiger partial charge in [-0.05, 0) is 12.5 Å². The maximum atomic E-state index is 13.9. The lowest BCUT2D eigenvalue weighted by atomic mass is 10.1. The molecule has 0 saturated carbocycles. The summed E-state index contributed by atoms with van der Waals surface area (Å²) in [5.74, 6) is -0.850. The number of nitrogens with zero attached hydrogens (tertiary/aromatic N) is 1. The third-order valence-electron chi connectivity index (χ3n) is 3.80. The van der Waals surface area contributed by atoms with Gasteiger partial charge in [0.2, 0.25) is 5.91 Å². The number of amides is 1. The number of sulfone groups is 1. The zero-order valence-corrected chi connectivity index (χ0v) is 13.1. The normalized spacial score (nSPS) is 22.1. The van der Waals surface area contributed by atoms with Crippen LogP contribution in [0.1, 0.15) is 31.1 Å². The van der Waals surface area contributed by atoms with E-state index in [1.807, 2.05) is 0 Å². The molecule has 1 unspecified atom stereocenters. The SMILES string of the molecule is CC(C)C(=O)N1CCC(c2ccccc2F)S(=O)(=O)CC1. The van der Waals surface area contributed by atoms with Crippen molar-refractivity contribution in [2.45, 2.75) is 25.5 Å². The predicted octanol–water partition coefficient (Wildman–Crippen LogP) is 2.17. The second-order valence-electron chi connectivity index (χ2n) is 5.65. The molecule has 6 heteroatoms. The molecule has 1 aromatic rings. The molecule has 0 aromatic heterocycles. The molecule has 2 rings (SSSR count). The molecule has 0 spiro atoms. The molecule has 4 nitrogen and oxygen atoms in total. The summed E-state index contributed by atoms with van der Waals surface area (Å²) >= 11 is 0. The van der Waals surface area contributed by atoms with Crippen LogP contribution in [0.4, 0.5) is 4.39 Å². The van der Waals surface area contributed by atoms with Crippen LogP contribution in [0.25, 0.3) is 0 Å². The Bertz CT molecular complexity index is 628. The van der Waals surface area contributed by atoms with Crippen molar-refractivity contribution in [2.75, 3.05) is 18.8 Å². The van der Waals surface area contributed by atoms with E-state index in [4.69, 9.17) is 0 Å². The van der Waals surface area contributed by atoms with E-state index < -0.39 is 20.9 Å². The third-order valence-corrected chi connectivity index (χ3v) is 5.91. The Balaban J connectivity index is 2.28. The minimum Gasteiger partial charge on any atom is -0.341 e. The number of hydrogen-bond donors (Lipinski definition) is 0. The molecule has 1 fully saturated rings. The average molecular weight is 313 g/mol. The van der Waals surface area contributed by atoms with Crippen LogP contribution in [-0.2, 0) is 14.6 Å². The molecule has 1 aliphatic heterocycles. The van der Waals surface area contributed by atoms with E-state index in [2.05, 4.69) is 0 Å². The second-order valence-corrected chi connectivity index (χ2v) is 7.95. The van der Waals surface area contributed by atoms with Gasteiger partial charge in [-0.2, -0.15) is 0 Å². The molecule has 1 heterocycles. The first-order chi connectivity index (χ1) is 9.83. The van der Waals surface area contributed by atoms with Crippen molar-refractivity contribution in [3.05, 3.63) is 35.6 Å². The van der Waals surface area contributed by atoms with Gasteiger partial charge in [0.15, 0.2) is 9.84 Å². The Morgan fingerprint density at radius 2 is 1.95 bits per heavy atom. The molecule has 1 aromatic carbocycles. The molecule has 0 radical (unpaired) electrons. The quantitative estimate of drug-likeness (QED) is 0.841. The van der Waals surface area contributed by atoms with E-state index in [9.17, 15) is 17.6 Å². The highest BCUT2D eigenvalue weighted by molar-refractivity contribution is 7.91. The van der Waals surface area contributed by atoms with Crippen molar-refractivity contribution in [1.29, 1.82) is 0 Å². The van der Waals surface area contributed by atoms with Crippen molar-refractivity contribution in [2.24, 2.45) is 5.92 Å². The average Bonchev–Trinajstić information content (AvgIpc) is 2.57. The fourth-order valence-corrected chi connectivity index (χ4v) is 4.42. The minimum atomic E-state index is -3.46. The lowest BCUT2D eigenvalue weighted by Crippen LogP contribution is -2.36. The van der Waals surface area contributed by atoms with Gasteiger partial charge in [-0.25, -0.2) is 12.8 Å². The molecule has 1 amide bonds. The number of benzene rings is 1. The first-order valence-electron chi connectivity index (χ1n) is 7.07. The summed E-state index contributed by atoms with van der Waals surface area (Å²) in [7, 11) is -3.46. The van der Waals surface area contributed by atoms with Crippen molar-refractivity contribution in [1.82, 2.24) is 4.90 Å². The molecule has 1 saturated heterocycles.